The average Bonchev–Trinajstić information content (AvgIpc) is 2.82. The van der Waals surface area contributed by atoms with Crippen LogP contribution in [0, 0.1) is 11.3 Å². The summed E-state index contributed by atoms with van der Waals surface area (Å²) in [6, 6.07) is 8.56. The summed E-state index contributed by atoms with van der Waals surface area (Å²) in [5.74, 6) is -1.33. The topological polar surface area (TPSA) is 101 Å². The highest BCUT2D eigenvalue weighted by Gasteiger charge is 2.57. The summed E-state index contributed by atoms with van der Waals surface area (Å²) < 4.78 is 39.0. The van der Waals surface area contributed by atoms with Gasteiger partial charge in [-0.25, -0.2) is 4.98 Å². The lowest BCUT2D eigenvalue weighted by atomic mass is 10.0. The molecular formula is C23H23ClF3N5O3. The van der Waals surface area contributed by atoms with E-state index in [1.54, 1.807) is 43.3 Å². The molecule has 0 saturated carbocycles. The molecular weight excluding hydrogens is 487 g/mol. The van der Waals surface area contributed by atoms with Gasteiger partial charge in [0, 0.05) is 52.0 Å². The van der Waals surface area contributed by atoms with Crippen molar-refractivity contribution in [1.82, 2.24) is 14.8 Å². The molecule has 0 spiro atoms. The van der Waals surface area contributed by atoms with Gasteiger partial charge in [0.2, 0.25) is 5.60 Å². The summed E-state index contributed by atoms with van der Waals surface area (Å²) in [7, 11) is 3.23. The van der Waals surface area contributed by atoms with Gasteiger partial charge in [0.25, 0.3) is 11.8 Å². The molecule has 1 saturated heterocycles. The predicted molar refractivity (Wildman–Crippen MR) is 123 cm³/mol. The van der Waals surface area contributed by atoms with Crippen LogP contribution < -0.4 is 4.90 Å². The predicted octanol–water partition coefficient (Wildman–Crippen LogP) is 2.94. The first kappa shape index (κ1) is 26.2. The van der Waals surface area contributed by atoms with E-state index in [0.717, 1.165) is 4.90 Å². The van der Waals surface area contributed by atoms with E-state index >= 15 is 0 Å². The Hall–Kier alpha value is -3.36. The zero-order valence-corrected chi connectivity index (χ0v) is 20.0. The third-order valence-corrected chi connectivity index (χ3v) is 6.07. The van der Waals surface area contributed by atoms with Crippen LogP contribution in [0.5, 0.6) is 0 Å². The number of aliphatic hydroxyl groups is 1. The standard InChI is InChI=1S/C23H23ClF3N5O3/c1-22(35,23(25,26)27)21(34)32-8-6-31(7-9-32)19-15(12-28)10-16(13-29-19)14-4-5-17(18(24)11-14)20(33)30(2)3/h4-5,10-11,13,35H,6-9H2,1-3H3/t22-/m0/s1. The molecule has 1 aliphatic rings. The minimum Gasteiger partial charge on any atom is -0.373 e. The smallest absolute Gasteiger partial charge is 0.373 e. The Bertz CT molecular complexity index is 1190. The van der Waals surface area contributed by atoms with Gasteiger partial charge < -0.3 is 19.8 Å². The molecule has 3 rings (SSSR count). The van der Waals surface area contributed by atoms with Crippen molar-refractivity contribution in [2.75, 3.05) is 45.2 Å². The Morgan fingerprint density at radius 3 is 2.29 bits per heavy atom. The number of benzene rings is 1. The molecule has 2 heterocycles. The zero-order valence-electron chi connectivity index (χ0n) is 19.2. The molecule has 1 atom stereocenters. The van der Waals surface area contributed by atoms with Crippen molar-refractivity contribution >= 4 is 29.2 Å². The van der Waals surface area contributed by atoms with Crippen LogP contribution in [0.2, 0.25) is 5.02 Å². The van der Waals surface area contributed by atoms with Gasteiger partial charge in [-0.1, -0.05) is 17.7 Å². The van der Waals surface area contributed by atoms with Gasteiger partial charge in [-0.15, -0.1) is 0 Å². The minimum atomic E-state index is -5.09. The van der Waals surface area contributed by atoms with Crippen molar-refractivity contribution < 1.29 is 27.9 Å². The van der Waals surface area contributed by atoms with E-state index in [0.29, 0.717) is 29.4 Å². The Morgan fingerprint density at radius 1 is 1.14 bits per heavy atom. The van der Waals surface area contributed by atoms with Crippen LogP contribution in [0.1, 0.15) is 22.8 Å². The molecule has 1 fully saturated rings. The van der Waals surface area contributed by atoms with E-state index in [-0.39, 0.29) is 42.7 Å². The van der Waals surface area contributed by atoms with Gasteiger partial charge in [0.05, 0.1) is 16.1 Å². The summed E-state index contributed by atoms with van der Waals surface area (Å²) in [6.45, 7) is 0.555. The highest BCUT2D eigenvalue weighted by Crippen LogP contribution is 2.33. The van der Waals surface area contributed by atoms with Crippen molar-refractivity contribution in [1.29, 1.82) is 5.26 Å². The zero-order chi connectivity index (χ0) is 26.1. The van der Waals surface area contributed by atoms with Gasteiger partial charge in [-0.2, -0.15) is 18.4 Å². The summed E-state index contributed by atoms with van der Waals surface area (Å²) in [4.78, 5) is 32.8. The molecule has 1 aromatic heterocycles. The molecule has 186 valence electrons. The third-order valence-electron chi connectivity index (χ3n) is 5.76. The van der Waals surface area contributed by atoms with Gasteiger partial charge in [0.15, 0.2) is 0 Å². The van der Waals surface area contributed by atoms with E-state index in [1.807, 2.05) is 0 Å². The molecule has 35 heavy (non-hydrogen) atoms. The van der Waals surface area contributed by atoms with Gasteiger partial charge in [-0.05, 0) is 30.7 Å². The number of amides is 2. The maximum atomic E-state index is 13.0. The third kappa shape index (κ3) is 5.18. The molecule has 12 heteroatoms. The molecule has 0 bridgehead atoms. The number of halogens is 4. The van der Waals surface area contributed by atoms with Crippen LogP contribution in [-0.4, -0.2) is 83.8 Å². The van der Waals surface area contributed by atoms with Gasteiger partial charge in [-0.3, -0.25) is 9.59 Å². The number of aromatic nitrogens is 1. The molecule has 2 amide bonds. The largest absolute Gasteiger partial charge is 0.426 e. The first-order chi connectivity index (χ1) is 16.3. The van der Waals surface area contributed by atoms with Crippen LogP contribution in [-0.2, 0) is 4.79 Å². The second kappa shape index (κ2) is 9.71. The molecule has 8 nitrogen and oxygen atoms in total. The first-order valence-electron chi connectivity index (χ1n) is 10.5. The molecule has 0 aliphatic carbocycles. The summed E-state index contributed by atoms with van der Waals surface area (Å²) >= 11 is 6.28. The average molecular weight is 510 g/mol. The van der Waals surface area contributed by atoms with Crippen molar-refractivity contribution in [3.63, 3.8) is 0 Å². The Balaban J connectivity index is 1.78. The lowest BCUT2D eigenvalue weighted by Crippen LogP contribution is -2.60. The number of hydrogen-bond donors (Lipinski definition) is 1. The normalized spacial score (nSPS) is 15.9. The molecule has 2 aromatic rings. The van der Waals surface area contributed by atoms with Crippen LogP contribution in [0.4, 0.5) is 19.0 Å². The first-order valence-corrected chi connectivity index (χ1v) is 10.9. The SMILES string of the molecule is CN(C)C(=O)c1ccc(-c2cnc(N3CCN(C(=O)[C@](C)(O)C(F)(F)F)CC3)c(C#N)c2)cc1Cl. The van der Waals surface area contributed by atoms with E-state index in [1.165, 1.54) is 11.1 Å². The monoisotopic (exact) mass is 509 g/mol. The van der Waals surface area contributed by atoms with Crippen molar-refractivity contribution in [3.8, 4) is 17.2 Å². The number of carbonyl (C=O) groups is 2. The fraction of sp³-hybridized carbons (Fsp3) is 0.391. The number of pyridine rings is 1. The van der Waals surface area contributed by atoms with E-state index < -0.39 is 17.7 Å². The fourth-order valence-electron chi connectivity index (χ4n) is 3.61. The van der Waals surface area contributed by atoms with E-state index in [9.17, 15) is 33.1 Å². The number of carbonyl (C=O) groups excluding carboxylic acids is 2. The molecule has 0 unspecified atom stereocenters. The minimum absolute atomic E-state index is 0.0731. The lowest BCUT2D eigenvalue weighted by molar-refractivity contribution is -0.250. The number of nitriles is 1. The highest BCUT2D eigenvalue weighted by molar-refractivity contribution is 6.34. The van der Waals surface area contributed by atoms with Gasteiger partial charge in [0.1, 0.15) is 11.9 Å². The quantitative estimate of drug-likeness (QED) is 0.680. The molecule has 0 radical (unpaired) electrons. The van der Waals surface area contributed by atoms with Crippen molar-refractivity contribution in [2.24, 2.45) is 0 Å². The number of nitrogens with zero attached hydrogens (tertiary/aromatic N) is 5. The van der Waals surface area contributed by atoms with Gasteiger partial charge >= 0.3 is 6.18 Å². The second-order valence-electron chi connectivity index (χ2n) is 8.45. The lowest BCUT2D eigenvalue weighted by Gasteiger charge is -2.39. The van der Waals surface area contributed by atoms with Crippen LogP contribution in [0.3, 0.4) is 0 Å². The Morgan fingerprint density at radius 2 is 1.77 bits per heavy atom. The Kier molecular flexibility index (Phi) is 7.29. The van der Waals surface area contributed by atoms with E-state index in [2.05, 4.69) is 11.1 Å². The van der Waals surface area contributed by atoms with Crippen LogP contribution in [0.15, 0.2) is 30.5 Å². The summed E-state index contributed by atoms with van der Waals surface area (Å²) in [5.41, 5.74) is -1.67. The number of alkyl halides is 3. The molecule has 1 N–H and O–H groups in total. The van der Waals surface area contributed by atoms with Crippen molar-refractivity contribution in [3.05, 3.63) is 46.6 Å². The summed E-state index contributed by atoms with van der Waals surface area (Å²) in [6.07, 6.45) is -3.56. The Labute approximate surface area is 205 Å². The maximum absolute atomic E-state index is 13.0. The van der Waals surface area contributed by atoms with E-state index in [4.69, 9.17) is 11.6 Å². The van der Waals surface area contributed by atoms with Crippen LogP contribution >= 0.6 is 11.6 Å². The molecule has 1 aromatic carbocycles. The number of anilines is 1. The number of hydrogen-bond acceptors (Lipinski definition) is 6. The summed E-state index contributed by atoms with van der Waals surface area (Å²) in [5, 5.41) is 19.6. The molecule has 1 aliphatic heterocycles. The van der Waals surface area contributed by atoms with Crippen molar-refractivity contribution in [2.45, 2.75) is 18.7 Å². The highest BCUT2D eigenvalue weighted by atomic mass is 35.5. The number of piperazine rings is 1. The number of rotatable bonds is 4. The fourth-order valence-corrected chi connectivity index (χ4v) is 3.87. The maximum Gasteiger partial charge on any atom is 0.426 e. The van der Waals surface area contributed by atoms with Crippen LogP contribution in [0.25, 0.3) is 11.1 Å². The second-order valence-corrected chi connectivity index (χ2v) is 8.86.